The van der Waals surface area contributed by atoms with Gasteiger partial charge in [-0.3, -0.25) is 0 Å². The van der Waals surface area contributed by atoms with Crippen LogP contribution in [0.4, 0.5) is 0 Å². The lowest BCUT2D eigenvalue weighted by Gasteiger charge is -2.03. The van der Waals surface area contributed by atoms with Crippen molar-refractivity contribution in [1.29, 1.82) is 5.26 Å². The molecule has 0 heterocycles. The van der Waals surface area contributed by atoms with E-state index in [1.807, 2.05) is 28.7 Å². The Bertz CT molecular complexity index is 519. The number of hydrogen-bond acceptors (Lipinski definition) is 3. The Morgan fingerprint density at radius 2 is 2.07 bits per heavy atom. The van der Waals surface area contributed by atoms with E-state index in [4.69, 9.17) is 15.9 Å². The van der Waals surface area contributed by atoms with E-state index >= 15 is 0 Å². The first-order valence-corrected chi connectivity index (χ1v) is 6.90. The third kappa shape index (κ3) is 2.38. The first-order valence-electron chi connectivity index (χ1n) is 3.51. The quantitative estimate of drug-likeness (QED) is 0.582. The van der Waals surface area contributed by atoms with Crippen molar-refractivity contribution in [3.63, 3.8) is 0 Å². The summed E-state index contributed by atoms with van der Waals surface area (Å²) in [5.74, 6) is 0. The Labute approximate surface area is 100 Å². The molecule has 0 fully saturated rings. The standard InChI is InChI=1S/C8H5ClINO2S/c1-5-2-8(14(9,12)13)7(10)3-6(5)4-11/h2-3H,1H3. The predicted octanol–water partition coefficient (Wildman–Crippen LogP) is 2.40. The van der Waals surface area contributed by atoms with Crippen LogP contribution in [0.1, 0.15) is 11.1 Å². The molecule has 1 aromatic rings. The summed E-state index contributed by atoms with van der Waals surface area (Å²) < 4.78 is 22.6. The van der Waals surface area contributed by atoms with Crippen molar-refractivity contribution in [2.24, 2.45) is 0 Å². The molecule has 0 spiro atoms. The third-order valence-corrected chi connectivity index (χ3v) is 4.28. The molecule has 0 aliphatic carbocycles. The molecule has 0 N–H and O–H groups in total. The van der Waals surface area contributed by atoms with E-state index in [9.17, 15) is 8.42 Å². The van der Waals surface area contributed by atoms with Gasteiger partial charge in [-0.25, -0.2) is 8.42 Å². The van der Waals surface area contributed by atoms with Crippen LogP contribution in [-0.4, -0.2) is 8.42 Å². The van der Waals surface area contributed by atoms with Crippen molar-refractivity contribution in [1.82, 2.24) is 0 Å². The van der Waals surface area contributed by atoms with E-state index in [-0.39, 0.29) is 4.90 Å². The largest absolute Gasteiger partial charge is 0.262 e. The first kappa shape index (κ1) is 11.8. The molecular weight excluding hydrogens is 337 g/mol. The molecule has 0 aliphatic rings. The van der Waals surface area contributed by atoms with Crippen LogP contribution >= 0.6 is 33.3 Å². The van der Waals surface area contributed by atoms with E-state index in [0.717, 1.165) is 0 Å². The van der Waals surface area contributed by atoms with E-state index in [0.29, 0.717) is 14.7 Å². The molecule has 0 aliphatic heterocycles. The minimum atomic E-state index is -3.73. The summed E-state index contributed by atoms with van der Waals surface area (Å²) in [7, 11) is 1.49. The summed E-state index contributed by atoms with van der Waals surface area (Å²) >= 11 is 1.84. The molecule has 0 atom stereocenters. The fraction of sp³-hybridized carbons (Fsp3) is 0.125. The second kappa shape index (κ2) is 4.04. The van der Waals surface area contributed by atoms with Gasteiger partial charge < -0.3 is 0 Å². The summed E-state index contributed by atoms with van der Waals surface area (Å²) in [4.78, 5) is 0.0521. The molecule has 14 heavy (non-hydrogen) atoms. The van der Waals surface area contributed by atoms with Crippen molar-refractivity contribution in [2.75, 3.05) is 0 Å². The molecule has 0 radical (unpaired) electrons. The van der Waals surface area contributed by atoms with Crippen molar-refractivity contribution in [2.45, 2.75) is 11.8 Å². The molecule has 1 rings (SSSR count). The summed E-state index contributed by atoms with van der Waals surface area (Å²) in [6.45, 7) is 1.67. The molecule has 0 unspecified atom stereocenters. The first-order chi connectivity index (χ1) is 6.36. The number of benzene rings is 1. The molecule has 3 nitrogen and oxygen atoms in total. The lowest BCUT2D eigenvalue weighted by molar-refractivity contribution is 0.609. The van der Waals surface area contributed by atoms with Gasteiger partial charge in [-0.15, -0.1) is 0 Å². The number of halogens is 2. The Hall–Kier alpha value is -0.320. The van der Waals surface area contributed by atoms with Crippen molar-refractivity contribution < 1.29 is 8.42 Å². The predicted molar refractivity (Wildman–Crippen MR) is 61.6 cm³/mol. The maximum Gasteiger partial charge on any atom is 0.262 e. The van der Waals surface area contributed by atoms with Crippen LogP contribution in [0.5, 0.6) is 0 Å². The van der Waals surface area contributed by atoms with Crippen molar-refractivity contribution >= 4 is 42.3 Å². The van der Waals surface area contributed by atoms with Crippen LogP contribution in [0.2, 0.25) is 0 Å². The zero-order valence-corrected chi connectivity index (χ0v) is 10.8. The third-order valence-electron chi connectivity index (χ3n) is 1.66. The summed E-state index contributed by atoms with van der Waals surface area (Å²) in [5, 5.41) is 8.70. The van der Waals surface area contributed by atoms with Crippen LogP contribution in [0, 0.1) is 21.8 Å². The highest BCUT2D eigenvalue weighted by Gasteiger charge is 2.16. The maximum absolute atomic E-state index is 11.1. The van der Waals surface area contributed by atoms with Gasteiger partial charge in [-0.1, -0.05) is 0 Å². The second-order valence-corrected chi connectivity index (χ2v) is 6.34. The van der Waals surface area contributed by atoms with Gasteiger partial charge in [0.25, 0.3) is 9.05 Å². The van der Waals surface area contributed by atoms with Gasteiger partial charge in [0.15, 0.2) is 0 Å². The van der Waals surface area contributed by atoms with E-state index in [1.165, 1.54) is 12.1 Å². The number of nitriles is 1. The van der Waals surface area contributed by atoms with E-state index < -0.39 is 9.05 Å². The molecule has 0 saturated heterocycles. The highest BCUT2D eigenvalue weighted by atomic mass is 127. The monoisotopic (exact) mass is 341 g/mol. The van der Waals surface area contributed by atoms with Crippen molar-refractivity contribution in [3.8, 4) is 6.07 Å². The van der Waals surface area contributed by atoms with Gasteiger partial charge in [0.05, 0.1) is 16.5 Å². The molecule has 6 heteroatoms. The SMILES string of the molecule is Cc1cc(S(=O)(=O)Cl)c(I)cc1C#N. The topological polar surface area (TPSA) is 57.9 Å². The normalized spacial score (nSPS) is 11.0. The van der Waals surface area contributed by atoms with Crippen LogP contribution < -0.4 is 0 Å². The number of aryl methyl sites for hydroxylation is 1. The summed E-state index contributed by atoms with van der Waals surface area (Å²) in [6.07, 6.45) is 0. The fourth-order valence-corrected chi connectivity index (χ4v) is 3.68. The highest BCUT2D eigenvalue weighted by molar-refractivity contribution is 14.1. The van der Waals surface area contributed by atoms with Crippen LogP contribution in [0.3, 0.4) is 0 Å². The zero-order valence-electron chi connectivity index (χ0n) is 7.08. The van der Waals surface area contributed by atoms with Crippen LogP contribution in [0.25, 0.3) is 0 Å². The van der Waals surface area contributed by atoms with Gasteiger partial charge in [0.2, 0.25) is 0 Å². The van der Waals surface area contributed by atoms with E-state index in [1.54, 1.807) is 6.92 Å². The minimum absolute atomic E-state index is 0.0521. The molecule has 0 amide bonds. The van der Waals surface area contributed by atoms with Gasteiger partial charge in [0.1, 0.15) is 0 Å². The van der Waals surface area contributed by atoms with Gasteiger partial charge in [-0.2, -0.15) is 5.26 Å². The zero-order chi connectivity index (χ0) is 10.9. The fourth-order valence-electron chi connectivity index (χ4n) is 0.962. The van der Waals surface area contributed by atoms with Gasteiger partial charge in [0, 0.05) is 14.3 Å². The van der Waals surface area contributed by atoms with Crippen LogP contribution in [0.15, 0.2) is 17.0 Å². The summed E-state index contributed by atoms with van der Waals surface area (Å²) in [6, 6.07) is 4.88. The maximum atomic E-state index is 11.1. The Morgan fingerprint density at radius 1 is 1.50 bits per heavy atom. The Kier molecular flexibility index (Phi) is 3.40. The smallest absolute Gasteiger partial charge is 0.207 e. The number of rotatable bonds is 1. The Balaban J connectivity index is 3.54. The second-order valence-electron chi connectivity index (χ2n) is 2.65. The molecule has 0 bridgehead atoms. The highest BCUT2D eigenvalue weighted by Crippen LogP contribution is 2.24. The van der Waals surface area contributed by atoms with Gasteiger partial charge in [-0.05, 0) is 47.2 Å². The molecule has 1 aromatic carbocycles. The van der Waals surface area contributed by atoms with E-state index in [2.05, 4.69) is 0 Å². The number of nitrogens with zero attached hydrogens (tertiary/aromatic N) is 1. The average molecular weight is 342 g/mol. The molecule has 0 saturated carbocycles. The Morgan fingerprint density at radius 3 is 2.50 bits per heavy atom. The van der Waals surface area contributed by atoms with Crippen molar-refractivity contribution in [3.05, 3.63) is 26.8 Å². The molecule has 74 valence electrons. The molecule has 0 aromatic heterocycles. The average Bonchev–Trinajstić information content (AvgIpc) is 2.06. The summed E-state index contributed by atoms with van der Waals surface area (Å²) in [5.41, 5.74) is 1.06. The van der Waals surface area contributed by atoms with Gasteiger partial charge >= 0.3 is 0 Å². The lowest BCUT2D eigenvalue weighted by Crippen LogP contribution is -1.97. The minimum Gasteiger partial charge on any atom is -0.207 e. The lowest BCUT2D eigenvalue weighted by atomic mass is 10.1. The number of hydrogen-bond donors (Lipinski definition) is 0. The van der Waals surface area contributed by atoms with Crippen LogP contribution in [-0.2, 0) is 9.05 Å². The molecular formula is C8H5ClINO2S.